The van der Waals surface area contributed by atoms with E-state index in [0.29, 0.717) is 16.6 Å². The number of benzene rings is 2. The van der Waals surface area contributed by atoms with Gasteiger partial charge in [0, 0.05) is 27.9 Å². The number of rotatable bonds is 7. The minimum atomic E-state index is -0.951. The van der Waals surface area contributed by atoms with Gasteiger partial charge in [0.2, 0.25) is 0 Å². The number of aromatic nitrogens is 3. The lowest BCUT2D eigenvalue weighted by Crippen LogP contribution is -2.30. The first-order chi connectivity index (χ1) is 15.3. The van der Waals surface area contributed by atoms with Crippen molar-refractivity contribution >= 4 is 17.6 Å². The van der Waals surface area contributed by atoms with Crippen LogP contribution in [0.3, 0.4) is 0 Å². The Balaban J connectivity index is 1.46. The van der Waals surface area contributed by atoms with Gasteiger partial charge < -0.3 is 14.8 Å². The second kappa shape index (κ2) is 8.85. The van der Waals surface area contributed by atoms with Crippen LogP contribution in [0.25, 0.3) is 33.9 Å². The van der Waals surface area contributed by atoms with Crippen molar-refractivity contribution in [2.24, 2.45) is 5.41 Å². The standard InChI is InChI=1S/C25H22ClN3O3/c1-25(2,24(30)31)15-32-18-10-7-16(8-11-18)21-12-9-17(13-27-21)23-28-14-22(29-23)19-5-3-4-6-20(19)26/h3-14H,15H2,1-2H3,(H,28,29)(H,30,31). The van der Waals surface area contributed by atoms with Crippen LogP contribution in [0.5, 0.6) is 5.75 Å². The third kappa shape index (κ3) is 4.65. The molecule has 4 rings (SSSR count). The Morgan fingerprint density at radius 2 is 1.72 bits per heavy atom. The van der Waals surface area contributed by atoms with E-state index < -0.39 is 11.4 Å². The molecule has 0 atom stereocenters. The summed E-state index contributed by atoms with van der Waals surface area (Å²) in [5.74, 6) is 0.431. The molecular formula is C25H22ClN3O3. The number of nitrogens with zero attached hydrogens (tertiary/aromatic N) is 2. The van der Waals surface area contributed by atoms with E-state index in [1.807, 2.05) is 60.7 Å². The summed E-state index contributed by atoms with van der Waals surface area (Å²) in [5, 5.41) is 9.85. The van der Waals surface area contributed by atoms with E-state index in [-0.39, 0.29) is 6.61 Å². The molecule has 0 radical (unpaired) electrons. The SMILES string of the molecule is CC(C)(COc1ccc(-c2ccc(-c3ncc(-c4ccccc4Cl)[nH]3)cn2)cc1)C(=O)O. The smallest absolute Gasteiger partial charge is 0.312 e. The maximum atomic E-state index is 11.2. The van der Waals surface area contributed by atoms with Crippen molar-refractivity contribution in [3.8, 4) is 39.7 Å². The van der Waals surface area contributed by atoms with Crippen molar-refractivity contribution in [3.05, 3.63) is 78.1 Å². The lowest BCUT2D eigenvalue weighted by atomic mass is 9.95. The summed E-state index contributed by atoms with van der Waals surface area (Å²) in [6.07, 6.45) is 3.53. The number of hydrogen-bond acceptors (Lipinski definition) is 4. The number of pyridine rings is 1. The fraction of sp³-hybridized carbons (Fsp3) is 0.160. The molecule has 0 fully saturated rings. The molecule has 7 heteroatoms. The van der Waals surface area contributed by atoms with E-state index in [9.17, 15) is 9.90 Å². The van der Waals surface area contributed by atoms with Crippen LogP contribution in [0.15, 0.2) is 73.1 Å². The normalized spacial score (nSPS) is 11.3. The molecule has 2 aromatic heterocycles. The topological polar surface area (TPSA) is 88.1 Å². The number of H-pyrrole nitrogens is 1. The first kappa shape index (κ1) is 21.6. The van der Waals surface area contributed by atoms with Crippen LogP contribution in [0.1, 0.15) is 13.8 Å². The molecule has 0 unspecified atom stereocenters. The number of carboxylic acids is 1. The number of imidazole rings is 1. The summed E-state index contributed by atoms with van der Waals surface area (Å²) >= 11 is 6.27. The van der Waals surface area contributed by atoms with Crippen LogP contribution >= 0.6 is 11.6 Å². The number of halogens is 1. The molecule has 6 nitrogen and oxygen atoms in total. The molecule has 32 heavy (non-hydrogen) atoms. The van der Waals surface area contributed by atoms with Crippen molar-refractivity contribution in [3.63, 3.8) is 0 Å². The molecule has 0 aliphatic carbocycles. The van der Waals surface area contributed by atoms with Gasteiger partial charge >= 0.3 is 5.97 Å². The lowest BCUT2D eigenvalue weighted by molar-refractivity contribution is -0.148. The van der Waals surface area contributed by atoms with Crippen molar-refractivity contribution < 1.29 is 14.6 Å². The van der Waals surface area contributed by atoms with Gasteiger partial charge in [0.05, 0.1) is 23.0 Å². The van der Waals surface area contributed by atoms with Crippen LogP contribution in [0.2, 0.25) is 5.02 Å². The number of hydrogen-bond donors (Lipinski definition) is 2. The average molecular weight is 448 g/mol. The van der Waals surface area contributed by atoms with Gasteiger partial charge in [-0.05, 0) is 56.3 Å². The van der Waals surface area contributed by atoms with Crippen LogP contribution in [0, 0.1) is 5.41 Å². The summed E-state index contributed by atoms with van der Waals surface area (Å²) in [7, 11) is 0. The first-order valence-corrected chi connectivity index (χ1v) is 10.4. The highest BCUT2D eigenvalue weighted by molar-refractivity contribution is 6.33. The fourth-order valence-corrected chi connectivity index (χ4v) is 3.27. The molecule has 2 N–H and O–H groups in total. The molecule has 4 aromatic rings. The molecule has 0 aliphatic heterocycles. The van der Waals surface area contributed by atoms with E-state index in [4.69, 9.17) is 16.3 Å². The summed E-state index contributed by atoms with van der Waals surface area (Å²) in [4.78, 5) is 23.5. The lowest BCUT2D eigenvalue weighted by Gasteiger charge is -2.19. The molecule has 0 saturated heterocycles. The Morgan fingerprint density at radius 3 is 2.38 bits per heavy atom. The predicted molar refractivity (Wildman–Crippen MR) is 125 cm³/mol. The number of carboxylic acid groups (broad SMARTS) is 1. The first-order valence-electron chi connectivity index (χ1n) is 10.1. The van der Waals surface area contributed by atoms with Crippen LogP contribution in [-0.2, 0) is 4.79 Å². The number of aromatic amines is 1. The van der Waals surface area contributed by atoms with E-state index in [2.05, 4.69) is 15.0 Å². The Bertz CT molecular complexity index is 1230. The van der Waals surface area contributed by atoms with Crippen molar-refractivity contribution in [2.45, 2.75) is 13.8 Å². The second-order valence-corrected chi connectivity index (χ2v) is 8.47. The predicted octanol–water partition coefficient (Wildman–Crippen LogP) is 5.95. The van der Waals surface area contributed by atoms with E-state index in [1.54, 1.807) is 26.2 Å². The van der Waals surface area contributed by atoms with Crippen molar-refractivity contribution in [1.29, 1.82) is 0 Å². The number of aliphatic carboxylic acids is 1. The largest absolute Gasteiger partial charge is 0.492 e. The number of nitrogens with one attached hydrogen (secondary N) is 1. The maximum absolute atomic E-state index is 11.2. The zero-order chi connectivity index (χ0) is 22.7. The van der Waals surface area contributed by atoms with Crippen molar-refractivity contribution in [2.75, 3.05) is 6.61 Å². The second-order valence-electron chi connectivity index (χ2n) is 8.06. The van der Waals surface area contributed by atoms with Crippen LogP contribution < -0.4 is 4.74 Å². The molecule has 0 saturated carbocycles. The van der Waals surface area contributed by atoms with Gasteiger partial charge in [-0.1, -0.05) is 29.8 Å². The molecule has 0 spiro atoms. The van der Waals surface area contributed by atoms with Crippen molar-refractivity contribution in [1.82, 2.24) is 15.0 Å². The van der Waals surface area contributed by atoms with Crippen LogP contribution in [-0.4, -0.2) is 32.6 Å². The Hall–Kier alpha value is -3.64. The van der Waals surface area contributed by atoms with Gasteiger partial charge in [-0.25, -0.2) is 4.98 Å². The fourth-order valence-electron chi connectivity index (χ4n) is 3.04. The summed E-state index contributed by atoms with van der Waals surface area (Å²) in [6.45, 7) is 3.35. The molecule has 0 aliphatic rings. The van der Waals surface area contributed by atoms with E-state index in [1.165, 1.54) is 0 Å². The Labute approximate surface area is 190 Å². The Morgan fingerprint density at radius 1 is 1.00 bits per heavy atom. The van der Waals surface area contributed by atoms with Crippen LogP contribution in [0.4, 0.5) is 0 Å². The third-order valence-electron chi connectivity index (χ3n) is 5.11. The number of carbonyl (C=O) groups is 1. The average Bonchev–Trinajstić information content (AvgIpc) is 3.28. The third-order valence-corrected chi connectivity index (χ3v) is 5.44. The monoisotopic (exact) mass is 447 g/mol. The molecule has 0 amide bonds. The summed E-state index contributed by atoms with van der Waals surface area (Å²) < 4.78 is 5.62. The van der Waals surface area contributed by atoms with E-state index in [0.717, 1.165) is 28.1 Å². The minimum absolute atomic E-state index is 0.0912. The highest BCUT2D eigenvalue weighted by Gasteiger charge is 2.28. The van der Waals surface area contributed by atoms with E-state index >= 15 is 0 Å². The summed E-state index contributed by atoms with van der Waals surface area (Å²) in [6, 6.07) is 18.9. The summed E-state index contributed by atoms with van der Waals surface area (Å²) in [5.41, 5.74) is 3.39. The zero-order valence-corrected chi connectivity index (χ0v) is 18.4. The van der Waals surface area contributed by atoms with Gasteiger partial charge in [-0.15, -0.1) is 0 Å². The van der Waals surface area contributed by atoms with Gasteiger partial charge in [0.25, 0.3) is 0 Å². The Kier molecular flexibility index (Phi) is 5.97. The molecular weight excluding hydrogens is 426 g/mol. The molecule has 2 aromatic carbocycles. The van der Waals surface area contributed by atoms with Gasteiger partial charge in [0.1, 0.15) is 18.2 Å². The highest BCUT2D eigenvalue weighted by Crippen LogP contribution is 2.29. The highest BCUT2D eigenvalue weighted by atomic mass is 35.5. The van der Waals surface area contributed by atoms with Gasteiger partial charge in [-0.3, -0.25) is 9.78 Å². The zero-order valence-electron chi connectivity index (χ0n) is 17.7. The van der Waals surface area contributed by atoms with Gasteiger partial charge in [-0.2, -0.15) is 0 Å². The molecule has 2 heterocycles. The maximum Gasteiger partial charge on any atom is 0.312 e. The molecule has 162 valence electrons. The quantitative estimate of drug-likeness (QED) is 0.365. The number of ether oxygens (including phenoxy) is 1. The van der Waals surface area contributed by atoms with Gasteiger partial charge in [0.15, 0.2) is 0 Å². The minimum Gasteiger partial charge on any atom is -0.492 e. The molecule has 0 bridgehead atoms.